The van der Waals surface area contributed by atoms with Gasteiger partial charge in [0.2, 0.25) is 0 Å². The van der Waals surface area contributed by atoms with Gasteiger partial charge < -0.3 is 9.88 Å². The highest BCUT2D eigenvalue weighted by atomic mass is 32.2. The van der Waals surface area contributed by atoms with Crippen molar-refractivity contribution in [2.45, 2.75) is 38.1 Å². The molecule has 5 rings (SSSR count). The van der Waals surface area contributed by atoms with E-state index in [2.05, 4.69) is 19.9 Å². The molecule has 9 heteroatoms. The predicted molar refractivity (Wildman–Crippen MR) is 104 cm³/mol. The molecule has 1 unspecified atom stereocenters. The third kappa shape index (κ3) is 2.75. The molecule has 2 saturated heterocycles. The molecule has 0 bridgehead atoms. The number of fused-ring (bicyclic) bond motifs is 1. The zero-order valence-electron chi connectivity index (χ0n) is 15.6. The molecule has 1 N–H and O–H groups in total. The molecule has 1 atom stereocenters. The quantitative estimate of drug-likeness (QED) is 0.857. The van der Waals surface area contributed by atoms with Crippen LogP contribution in [0.3, 0.4) is 0 Å². The highest BCUT2D eigenvalue weighted by molar-refractivity contribution is 7.86. The second kappa shape index (κ2) is 6.15. The molecule has 27 heavy (non-hydrogen) atoms. The predicted octanol–water partition coefficient (Wildman–Crippen LogP) is 1.59. The van der Waals surface area contributed by atoms with Crippen LogP contribution in [0.5, 0.6) is 0 Å². The van der Waals surface area contributed by atoms with Crippen molar-refractivity contribution in [3.63, 3.8) is 0 Å². The van der Waals surface area contributed by atoms with Crippen molar-refractivity contribution in [1.82, 2.24) is 23.6 Å². The van der Waals surface area contributed by atoms with Crippen molar-refractivity contribution in [2.75, 3.05) is 38.1 Å². The van der Waals surface area contributed by atoms with E-state index in [0.29, 0.717) is 26.2 Å². The van der Waals surface area contributed by atoms with Crippen molar-refractivity contribution in [1.29, 1.82) is 0 Å². The van der Waals surface area contributed by atoms with Crippen LogP contribution < -0.4 is 4.90 Å². The first-order valence-electron chi connectivity index (χ1n) is 9.77. The molecular weight excluding hydrogens is 364 g/mol. The van der Waals surface area contributed by atoms with Gasteiger partial charge in [-0.2, -0.15) is 17.0 Å². The number of hydrogen-bond donors (Lipinski definition) is 1. The Labute approximate surface area is 159 Å². The summed E-state index contributed by atoms with van der Waals surface area (Å²) < 4.78 is 29.8. The normalized spacial score (nSPS) is 26.0. The molecule has 146 valence electrons. The summed E-state index contributed by atoms with van der Waals surface area (Å²) >= 11 is 0. The fraction of sp³-hybridized carbons (Fsp3) is 0.667. The first-order valence-corrected chi connectivity index (χ1v) is 11.2. The van der Waals surface area contributed by atoms with Gasteiger partial charge in [-0.05, 0) is 31.7 Å². The van der Waals surface area contributed by atoms with Gasteiger partial charge in [0.05, 0.1) is 11.4 Å². The van der Waals surface area contributed by atoms with Gasteiger partial charge in [0.1, 0.15) is 17.8 Å². The van der Waals surface area contributed by atoms with Gasteiger partial charge in [0.15, 0.2) is 0 Å². The van der Waals surface area contributed by atoms with Crippen LogP contribution in [0, 0.1) is 5.41 Å². The second-order valence-electron chi connectivity index (χ2n) is 8.19. The van der Waals surface area contributed by atoms with E-state index >= 15 is 0 Å². The molecule has 1 saturated carbocycles. The Morgan fingerprint density at radius 2 is 1.96 bits per heavy atom. The van der Waals surface area contributed by atoms with E-state index in [-0.39, 0.29) is 11.5 Å². The average molecular weight is 391 g/mol. The Morgan fingerprint density at radius 3 is 2.70 bits per heavy atom. The smallest absolute Gasteiger partial charge is 0.282 e. The number of H-pyrrole nitrogens is 1. The molecular formula is C18H26N6O2S. The van der Waals surface area contributed by atoms with Crippen LogP contribution >= 0.6 is 0 Å². The maximum absolute atomic E-state index is 13.2. The standard InChI is InChI=1S/C18H26N6O2S/c1-22(17-14-5-8-19-16(14)20-13-21-17)15-11-24(12-18(15)6-7-18)27(25,26)23-9-3-2-4-10-23/h5,8,13,15H,2-4,6-7,9-12H2,1H3,(H,19,20,21). The topological polar surface area (TPSA) is 85.4 Å². The minimum Gasteiger partial charge on any atom is -0.354 e. The fourth-order valence-corrected chi connectivity index (χ4v) is 6.61. The van der Waals surface area contributed by atoms with Gasteiger partial charge in [-0.1, -0.05) is 6.42 Å². The SMILES string of the molecule is CN(c1ncnc2[nH]ccc12)C1CN(S(=O)(=O)N2CCCCC2)CC12CC2. The molecule has 4 heterocycles. The zero-order valence-corrected chi connectivity index (χ0v) is 16.5. The summed E-state index contributed by atoms with van der Waals surface area (Å²) in [5.74, 6) is 0.870. The van der Waals surface area contributed by atoms with Crippen LogP contribution in [-0.4, -0.2) is 71.2 Å². The van der Waals surface area contributed by atoms with Crippen LogP contribution in [0.4, 0.5) is 5.82 Å². The lowest BCUT2D eigenvalue weighted by Crippen LogP contribution is -2.46. The highest BCUT2D eigenvalue weighted by Crippen LogP contribution is 2.55. The van der Waals surface area contributed by atoms with Gasteiger partial charge in [-0.25, -0.2) is 9.97 Å². The Balaban J connectivity index is 1.43. The molecule has 0 radical (unpaired) electrons. The van der Waals surface area contributed by atoms with E-state index in [4.69, 9.17) is 0 Å². The van der Waals surface area contributed by atoms with E-state index < -0.39 is 10.2 Å². The molecule has 1 spiro atoms. The Hall–Kier alpha value is -1.71. The summed E-state index contributed by atoms with van der Waals surface area (Å²) in [5.41, 5.74) is 0.873. The molecule has 2 aromatic rings. The van der Waals surface area contributed by atoms with E-state index in [9.17, 15) is 8.42 Å². The minimum atomic E-state index is -3.37. The average Bonchev–Trinajstić information content (AvgIpc) is 3.12. The van der Waals surface area contributed by atoms with Crippen LogP contribution in [-0.2, 0) is 10.2 Å². The van der Waals surface area contributed by atoms with E-state index in [1.165, 1.54) is 0 Å². The fourth-order valence-electron chi connectivity index (χ4n) is 4.81. The number of anilines is 1. The number of aromatic nitrogens is 3. The van der Waals surface area contributed by atoms with Crippen molar-refractivity contribution >= 4 is 27.1 Å². The molecule has 3 aliphatic rings. The van der Waals surface area contributed by atoms with Crippen LogP contribution in [0.2, 0.25) is 0 Å². The van der Waals surface area contributed by atoms with E-state index in [1.54, 1.807) is 14.9 Å². The molecule has 2 aliphatic heterocycles. The summed E-state index contributed by atoms with van der Waals surface area (Å²) in [6.45, 7) is 2.47. The lowest BCUT2D eigenvalue weighted by molar-refractivity contribution is 0.313. The monoisotopic (exact) mass is 390 g/mol. The van der Waals surface area contributed by atoms with Crippen LogP contribution in [0.15, 0.2) is 18.6 Å². The zero-order chi connectivity index (χ0) is 18.6. The van der Waals surface area contributed by atoms with Crippen molar-refractivity contribution in [3.8, 4) is 0 Å². The van der Waals surface area contributed by atoms with Gasteiger partial charge in [-0.15, -0.1) is 0 Å². The third-order valence-corrected chi connectivity index (χ3v) is 8.52. The number of likely N-dealkylation sites (N-methyl/N-ethyl adjacent to an activating group) is 1. The second-order valence-corrected chi connectivity index (χ2v) is 10.1. The van der Waals surface area contributed by atoms with Crippen LogP contribution in [0.25, 0.3) is 11.0 Å². The molecule has 0 aromatic carbocycles. The Kier molecular flexibility index (Phi) is 3.96. The first-order chi connectivity index (χ1) is 13.0. The number of rotatable bonds is 4. The summed E-state index contributed by atoms with van der Waals surface area (Å²) in [5, 5.41) is 0.980. The maximum Gasteiger partial charge on any atom is 0.282 e. The number of piperidine rings is 1. The highest BCUT2D eigenvalue weighted by Gasteiger charge is 2.59. The van der Waals surface area contributed by atoms with E-state index in [0.717, 1.165) is 49.0 Å². The number of nitrogens with zero attached hydrogens (tertiary/aromatic N) is 5. The number of nitrogens with one attached hydrogen (secondary N) is 1. The molecule has 3 fully saturated rings. The van der Waals surface area contributed by atoms with Gasteiger partial charge in [0.25, 0.3) is 10.2 Å². The Bertz CT molecular complexity index is 948. The summed E-state index contributed by atoms with van der Waals surface area (Å²) in [6, 6.07) is 2.13. The largest absolute Gasteiger partial charge is 0.354 e. The van der Waals surface area contributed by atoms with Gasteiger partial charge in [-0.3, -0.25) is 0 Å². The Morgan fingerprint density at radius 1 is 1.19 bits per heavy atom. The van der Waals surface area contributed by atoms with Gasteiger partial charge >= 0.3 is 0 Å². The molecule has 0 amide bonds. The first kappa shape index (κ1) is 17.4. The van der Waals surface area contributed by atoms with Gasteiger partial charge in [0, 0.05) is 44.8 Å². The van der Waals surface area contributed by atoms with E-state index in [1.807, 2.05) is 19.3 Å². The molecule has 8 nitrogen and oxygen atoms in total. The van der Waals surface area contributed by atoms with Crippen molar-refractivity contribution < 1.29 is 8.42 Å². The maximum atomic E-state index is 13.2. The third-order valence-electron chi connectivity index (χ3n) is 6.57. The molecule has 2 aromatic heterocycles. The summed E-state index contributed by atoms with van der Waals surface area (Å²) in [4.78, 5) is 14.1. The summed E-state index contributed by atoms with van der Waals surface area (Å²) in [6.07, 6.45) is 8.65. The molecule has 1 aliphatic carbocycles. The lowest BCUT2D eigenvalue weighted by Gasteiger charge is -2.31. The summed E-state index contributed by atoms with van der Waals surface area (Å²) in [7, 11) is -1.33. The minimum absolute atomic E-state index is 0.0607. The number of aromatic amines is 1. The number of hydrogen-bond acceptors (Lipinski definition) is 5. The van der Waals surface area contributed by atoms with Crippen molar-refractivity contribution in [2.24, 2.45) is 5.41 Å². The van der Waals surface area contributed by atoms with Crippen LogP contribution in [0.1, 0.15) is 32.1 Å². The lowest BCUT2D eigenvalue weighted by atomic mass is 9.99. The van der Waals surface area contributed by atoms with Crippen molar-refractivity contribution in [3.05, 3.63) is 18.6 Å².